The van der Waals surface area contributed by atoms with Crippen molar-refractivity contribution in [3.05, 3.63) is 122 Å². The van der Waals surface area contributed by atoms with Crippen LogP contribution >= 0.6 is 15.6 Å². The first-order valence-electron chi connectivity index (χ1n) is 32.8. The van der Waals surface area contributed by atoms with Gasteiger partial charge in [0.1, 0.15) is 25.4 Å². The number of hydrogen-bond acceptors (Lipinski definition) is 14. The van der Waals surface area contributed by atoms with Crippen LogP contribution in [-0.2, 0) is 55.8 Å². The number of hydrogen-bond donors (Lipinski definition) is 4. The molecule has 4 N–H and O–H groups in total. The van der Waals surface area contributed by atoms with Gasteiger partial charge in [-0.3, -0.25) is 32.5 Å². The molecule has 0 aromatic carbocycles. The number of ether oxygens (including phenoxy) is 3. The Morgan fingerprint density at radius 2 is 0.609 bits per heavy atom. The molecule has 0 saturated heterocycles. The highest BCUT2D eigenvalue weighted by atomic mass is 31.2. The number of unbranched alkanes of at least 4 members (excludes halogenated alkanes) is 18. The Bertz CT molecular complexity index is 2070. The molecule has 16 nitrogen and oxygen atoms in total. The normalized spacial score (nSPS) is 15.1. The first kappa shape index (κ1) is 83.0. The average Bonchev–Trinajstić information content (AvgIpc) is 3.69. The van der Waals surface area contributed by atoms with Crippen molar-refractivity contribution in [2.45, 2.75) is 257 Å². The molecule has 0 aliphatic carbocycles. The van der Waals surface area contributed by atoms with Crippen LogP contribution in [0, 0.1) is 0 Å². The maximum atomic E-state index is 12.9. The maximum absolute atomic E-state index is 12.9. The number of rotatable bonds is 61. The van der Waals surface area contributed by atoms with Crippen LogP contribution in [0.15, 0.2) is 122 Å². The van der Waals surface area contributed by atoms with Crippen LogP contribution in [-0.4, -0.2) is 95.9 Å². The van der Waals surface area contributed by atoms with E-state index in [1.807, 2.05) is 0 Å². The Balaban J connectivity index is 4.66. The molecule has 0 heterocycles. The summed E-state index contributed by atoms with van der Waals surface area (Å²) in [7, 11) is -9.79. The van der Waals surface area contributed by atoms with Gasteiger partial charge in [-0.05, 0) is 122 Å². The van der Waals surface area contributed by atoms with Gasteiger partial charge < -0.3 is 34.2 Å². The van der Waals surface area contributed by atoms with Gasteiger partial charge in [0.05, 0.1) is 26.4 Å². The van der Waals surface area contributed by atoms with Crippen molar-refractivity contribution in [2.24, 2.45) is 0 Å². The third-order valence-electron chi connectivity index (χ3n) is 13.1. The summed E-state index contributed by atoms with van der Waals surface area (Å²) in [5.74, 6) is -1.63. The van der Waals surface area contributed by atoms with Crippen LogP contribution in [0.5, 0.6) is 0 Å². The predicted octanol–water partition coefficient (Wildman–Crippen LogP) is 17.9. The zero-order chi connectivity index (χ0) is 63.8. The fourth-order valence-electron chi connectivity index (χ4n) is 8.18. The molecule has 18 heteroatoms. The monoisotopic (exact) mass is 1260 g/mol. The quantitative estimate of drug-likeness (QED) is 0.0146. The van der Waals surface area contributed by atoms with E-state index < -0.39 is 91.5 Å². The number of carbonyl (C=O) groups excluding carboxylic acids is 3. The van der Waals surface area contributed by atoms with Crippen LogP contribution in [0.2, 0.25) is 0 Å². The lowest BCUT2D eigenvalue weighted by molar-refractivity contribution is -0.161. The van der Waals surface area contributed by atoms with Gasteiger partial charge in [0.15, 0.2) is 6.10 Å². The minimum absolute atomic E-state index is 0.0828. The van der Waals surface area contributed by atoms with Crippen molar-refractivity contribution >= 4 is 33.6 Å². The molecule has 5 atom stereocenters. The van der Waals surface area contributed by atoms with Gasteiger partial charge in [-0.1, -0.05) is 219 Å². The zero-order valence-electron chi connectivity index (χ0n) is 53.6. The molecule has 0 aromatic heterocycles. The third kappa shape index (κ3) is 63.3. The predicted molar refractivity (Wildman–Crippen MR) is 353 cm³/mol. The second kappa shape index (κ2) is 62.2. The minimum Gasteiger partial charge on any atom is -0.463 e. The lowest BCUT2D eigenvalue weighted by Crippen LogP contribution is -2.30. The van der Waals surface area contributed by atoms with Crippen LogP contribution < -0.4 is 0 Å². The van der Waals surface area contributed by atoms with Gasteiger partial charge in [0.25, 0.3) is 0 Å². The van der Waals surface area contributed by atoms with Crippen molar-refractivity contribution in [1.82, 2.24) is 0 Å². The number of esters is 3. The first-order valence-corrected chi connectivity index (χ1v) is 35.8. The van der Waals surface area contributed by atoms with E-state index in [2.05, 4.69) is 142 Å². The van der Waals surface area contributed by atoms with E-state index in [-0.39, 0.29) is 19.3 Å². The van der Waals surface area contributed by atoms with Gasteiger partial charge in [-0.15, -0.1) is 0 Å². The average molecular weight is 1260 g/mol. The molecule has 0 rings (SSSR count). The number of carbonyl (C=O) groups is 3. The van der Waals surface area contributed by atoms with Gasteiger partial charge >= 0.3 is 33.6 Å². The molecule has 0 fully saturated rings. The molecule has 0 saturated carbocycles. The van der Waals surface area contributed by atoms with Crippen LogP contribution in [0.4, 0.5) is 0 Å². The van der Waals surface area contributed by atoms with Crippen molar-refractivity contribution in [2.75, 3.05) is 39.6 Å². The number of phosphoric ester groups is 2. The summed E-state index contributed by atoms with van der Waals surface area (Å²) in [6.07, 6.45) is 69.7. The fourth-order valence-corrected chi connectivity index (χ4v) is 9.76. The second-order valence-corrected chi connectivity index (χ2v) is 24.4. The second-order valence-electron chi connectivity index (χ2n) is 21.5. The smallest absolute Gasteiger partial charge is 0.463 e. The molecule has 0 aliphatic heterocycles. The fraction of sp³-hybridized carbons (Fsp3) is 0.667. The van der Waals surface area contributed by atoms with E-state index in [0.717, 1.165) is 180 Å². The van der Waals surface area contributed by atoms with E-state index in [1.165, 1.54) is 0 Å². The van der Waals surface area contributed by atoms with E-state index in [1.54, 1.807) is 0 Å². The van der Waals surface area contributed by atoms with Crippen molar-refractivity contribution in [3.8, 4) is 0 Å². The van der Waals surface area contributed by atoms with E-state index >= 15 is 0 Å². The lowest BCUT2D eigenvalue weighted by Gasteiger charge is -2.21. The molecule has 0 aromatic rings. The molecule has 0 radical (unpaired) electrons. The molecule has 87 heavy (non-hydrogen) atoms. The number of allylic oxidation sites excluding steroid dienone is 20. The van der Waals surface area contributed by atoms with E-state index in [0.29, 0.717) is 19.3 Å². The zero-order valence-corrected chi connectivity index (χ0v) is 55.4. The van der Waals surface area contributed by atoms with Gasteiger partial charge in [-0.25, -0.2) is 9.13 Å². The Kier molecular flexibility index (Phi) is 59.3. The molecule has 0 bridgehead atoms. The molecule has 0 amide bonds. The summed E-state index contributed by atoms with van der Waals surface area (Å²) in [5, 5.41) is 20.5. The Morgan fingerprint density at radius 1 is 0.333 bits per heavy atom. The molecule has 0 spiro atoms. The SMILES string of the molecule is CC/C=C\C/C=C\C/C=C\C/C=C\C/C=C\CCCCCCCC(=O)OCC(O)COP(=O)(O)OCC(O)COP(=O)(O)OCC(COC(=O)CCCCCCCCC/C=C\C/C=C\C/C=C\CC)OC(=O)CCCCCCC/C=C\C/C=C\CCC. The van der Waals surface area contributed by atoms with Crippen LogP contribution in [0.1, 0.15) is 239 Å². The van der Waals surface area contributed by atoms with Crippen LogP contribution in [0.3, 0.4) is 0 Å². The highest BCUT2D eigenvalue weighted by Gasteiger charge is 2.29. The summed E-state index contributed by atoms with van der Waals surface area (Å²) < 4.78 is 60.8. The molecule has 5 unspecified atom stereocenters. The number of aliphatic hydroxyl groups is 2. The Hall–Kier alpha value is -4.05. The minimum atomic E-state index is -4.93. The highest BCUT2D eigenvalue weighted by Crippen LogP contribution is 2.45. The molecule has 498 valence electrons. The summed E-state index contributed by atoms with van der Waals surface area (Å²) in [4.78, 5) is 58.3. The lowest BCUT2D eigenvalue weighted by atomic mass is 10.1. The van der Waals surface area contributed by atoms with Crippen molar-refractivity contribution in [3.63, 3.8) is 0 Å². The summed E-state index contributed by atoms with van der Waals surface area (Å²) in [6.45, 7) is 2.30. The van der Waals surface area contributed by atoms with Crippen LogP contribution in [0.25, 0.3) is 0 Å². The van der Waals surface area contributed by atoms with Crippen molar-refractivity contribution < 1.29 is 75.8 Å². The topological polar surface area (TPSA) is 231 Å². The number of phosphoric acid groups is 2. The number of aliphatic hydroxyl groups excluding tert-OH is 2. The first-order chi connectivity index (χ1) is 42.2. The molecular formula is C69H116O16P2. The molecule has 0 aliphatic rings. The van der Waals surface area contributed by atoms with E-state index in [4.69, 9.17) is 32.3 Å². The third-order valence-corrected chi connectivity index (χ3v) is 15.0. The molecular weight excluding hydrogens is 1150 g/mol. The Morgan fingerprint density at radius 3 is 0.966 bits per heavy atom. The standard InChI is InChI=1S/C69H116O16P2/c1-4-7-10-13-16-19-22-25-27-29-30-31-32-34-36-38-40-43-46-49-52-55-67(72)79-58-64(70)59-81-86(75,76)82-60-65(71)61-83-87(77,78)84-63-66(85-69(74)57-54-51-48-45-42-37-24-21-18-15-12-9-6-3)62-80-68(73)56-53-50-47-44-41-39-35-33-28-26-23-20-17-14-11-8-5-2/h7-8,10-12,15-17,19-21,24-28,30-31,34,36,64-66,70-71H,4-6,9,13-14,18,22-23,29,32-33,35,37-63H2,1-3H3,(H,75,76)(H,77,78)/b10-7-,11-8-,15-12-,19-16-,20-17-,24-21-,27-25-,28-26-,31-30-,36-34-. The van der Waals surface area contributed by atoms with E-state index in [9.17, 15) is 43.5 Å². The van der Waals surface area contributed by atoms with Gasteiger partial charge in [-0.2, -0.15) is 0 Å². The van der Waals surface area contributed by atoms with Gasteiger partial charge in [0.2, 0.25) is 0 Å². The van der Waals surface area contributed by atoms with Crippen molar-refractivity contribution in [1.29, 1.82) is 0 Å². The summed E-state index contributed by atoms with van der Waals surface area (Å²) in [5.41, 5.74) is 0. The maximum Gasteiger partial charge on any atom is 0.472 e. The highest BCUT2D eigenvalue weighted by molar-refractivity contribution is 7.47. The van der Waals surface area contributed by atoms with Gasteiger partial charge in [0, 0.05) is 19.3 Å². The summed E-state index contributed by atoms with van der Waals surface area (Å²) in [6, 6.07) is 0. The summed E-state index contributed by atoms with van der Waals surface area (Å²) >= 11 is 0. The largest absolute Gasteiger partial charge is 0.472 e. The Labute approximate surface area is 525 Å².